The van der Waals surface area contributed by atoms with Gasteiger partial charge in [-0.15, -0.1) is 0 Å². The Bertz CT molecular complexity index is 404. The minimum Gasteiger partial charge on any atom is -0.383 e. The largest absolute Gasteiger partial charge is 0.383 e. The molecule has 6 heteroatoms. The fraction of sp³-hybridized carbons (Fsp3) is 0.556. The zero-order valence-electron chi connectivity index (χ0n) is 8.42. The molecule has 2 unspecified atom stereocenters. The maximum atomic E-state index is 11.5. The molecule has 0 aliphatic carbocycles. The fourth-order valence-electron chi connectivity index (χ4n) is 1.45. The first-order valence-electron chi connectivity index (χ1n) is 4.82. The molecule has 1 saturated heterocycles. The Morgan fingerprint density at radius 3 is 3.13 bits per heavy atom. The number of rotatable bonds is 2. The standard InChI is InChI=1S/C9H13N3O3/c1-2-8-14-5-7(15-8)12-4-3-6(10)11-9(12)13/h3-4,7-8H,2,5H2,1H3,(H2,10,11,13). The number of aromatic nitrogens is 2. The molecule has 1 aliphatic heterocycles. The van der Waals surface area contributed by atoms with Crippen molar-refractivity contribution in [1.82, 2.24) is 9.55 Å². The summed E-state index contributed by atoms with van der Waals surface area (Å²) >= 11 is 0. The topological polar surface area (TPSA) is 79.4 Å². The highest BCUT2D eigenvalue weighted by Gasteiger charge is 2.26. The summed E-state index contributed by atoms with van der Waals surface area (Å²) in [6.45, 7) is 2.32. The molecule has 1 aliphatic rings. The molecular weight excluding hydrogens is 198 g/mol. The van der Waals surface area contributed by atoms with Gasteiger partial charge in [0.2, 0.25) is 0 Å². The average Bonchev–Trinajstić information content (AvgIpc) is 2.66. The Morgan fingerprint density at radius 1 is 1.73 bits per heavy atom. The van der Waals surface area contributed by atoms with Crippen molar-refractivity contribution in [2.45, 2.75) is 25.9 Å². The zero-order valence-corrected chi connectivity index (χ0v) is 8.42. The van der Waals surface area contributed by atoms with Crippen LogP contribution in [0.1, 0.15) is 19.6 Å². The van der Waals surface area contributed by atoms with E-state index in [-0.39, 0.29) is 12.1 Å². The molecule has 2 heterocycles. The van der Waals surface area contributed by atoms with Gasteiger partial charge in [-0.2, -0.15) is 4.98 Å². The van der Waals surface area contributed by atoms with Crippen LogP contribution in [0.15, 0.2) is 17.1 Å². The summed E-state index contributed by atoms with van der Waals surface area (Å²) in [6, 6.07) is 1.56. The van der Waals surface area contributed by atoms with Crippen LogP contribution in [0.2, 0.25) is 0 Å². The van der Waals surface area contributed by atoms with Gasteiger partial charge < -0.3 is 15.2 Å². The molecule has 1 aromatic rings. The normalized spacial score (nSPS) is 25.7. The summed E-state index contributed by atoms with van der Waals surface area (Å²) < 4.78 is 12.2. The number of nitrogens with two attached hydrogens (primary N) is 1. The summed E-state index contributed by atoms with van der Waals surface area (Å²) in [5.74, 6) is 0.210. The third-order valence-electron chi connectivity index (χ3n) is 2.23. The van der Waals surface area contributed by atoms with E-state index >= 15 is 0 Å². The molecule has 6 nitrogen and oxygen atoms in total. The minimum absolute atomic E-state index is 0.210. The van der Waals surface area contributed by atoms with Crippen LogP contribution in [0.3, 0.4) is 0 Å². The Hall–Kier alpha value is -1.40. The number of hydrogen-bond donors (Lipinski definition) is 1. The van der Waals surface area contributed by atoms with Crippen LogP contribution in [0.25, 0.3) is 0 Å². The van der Waals surface area contributed by atoms with Gasteiger partial charge in [0.05, 0.1) is 6.61 Å². The first kappa shape index (κ1) is 10.1. The second-order valence-corrected chi connectivity index (χ2v) is 3.30. The van der Waals surface area contributed by atoms with Gasteiger partial charge in [-0.3, -0.25) is 4.57 Å². The molecule has 0 aromatic carbocycles. The van der Waals surface area contributed by atoms with Crippen LogP contribution in [-0.2, 0) is 9.47 Å². The molecule has 0 radical (unpaired) electrons. The predicted molar refractivity (Wildman–Crippen MR) is 53.1 cm³/mol. The molecular formula is C9H13N3O3. The molecule has 2 N–H and O–H groups in total. The summed E-state index contributed by atoms with van der Waals surface area (Å²) in [6.07, 6.45) is 1.69. The van der Waals surface area contributed by atoms with Gasteiger partial charge in [0.15, 0.2) is 12.5 Å². The number of nitrogens with zero attached hydrogens (tertiary/aromatic N) is 2. The summed E-state index contributed by atoms with van der Waals surface area (Å²) in [4.78, 5) is 15.1. The molecule has 15 heavy (non-hydrogen) atoms. The second kappa shape index (κ2) is 4.00. The van der Waals surface area contributed by atoms with Crippen LogP contribution in [0.5, 0.6) is 0 Å². The van der Waals surface area contributed by atoms with Gasteiger partial charge in [-0.05, 0) is 12.5 Å². The average molecular weight is 211 g/mol. The monoisotopic (exact) mass is 211 g/mol. The Balaban J connectivity index is 2.20. The lowest BCUT2D eigenvalue weighted by Crippen LogP contribution is -2.28. The van der Waals surface area contributed by atoms with Gasteiger partial charge in [-0.25, -0.2) is 4.79 Å². The number of ether oxygens (including phenoxy) is 2. The van der Waals surface area contributed by atoms with Crippen LogP contribution < -0.4 is 11.4 Å². The lowest BCUT2D eigenvalue weighted by atomic mass is 10.5. The zero-order chi connectivity index (χ0) is 10.8. The predicted octanol–water partition coefficient (Wildman–Crippen LogP) is 0.107. The van der Waals surface area contributed by atoms with Crippen molar-refractivity contribution < 1.29 is 9.47 Å². The van der Waals surface area contributed by atoms with Crippen molar-refractivity contribution in [2.24, 2.45) is 0 Å². The van der Waals surface area contributed by atoms with E-state index in [1.54, 1.807) is 12.3 Å². The maximum absolute atomic E-state index is 11.5. The maximum Gasteiger partial charge on any atom is 0.351 e. The first-order valence-corrected chi connectivity index (χ1v) is 4.82. The van der Waals surface area contributed by atoms with Crippen LogP contribution in [0.4, 0.5) is 5.82 Å². The second-order valence-electron chi connectivity index (χ2n) is 3.30. The molecule has 2 atom stereocenters. The van der Waals surface area contributed by atoms with Gasteiger partial charge >= 0.3 is 5.69 Å². The molecule has 82 valence electrons. The van der Waals surface area contributed by atoms with Crippen molar-refractivity contribution in [3.05, 3.63) is 22.7 Å². The Labute approximate surface area is 86.6 Å². The van der Waals surface area contributed by atoms with Crippen molar-refractivity contribution in [2.75, 3.05) is 12.3 Å². The fourth-order valence-corrected chi connectivity index (χ4v) is 1.45. The number of anilines is 1. The van der Waals surface area contributed by atoms with Crippen LogP contribution >= 0.6 is 0 Å². The first-order chi connectivity index (χ1) is 7.20. The lowest BCUT2D eigenvalue weighted by molar-refractivity contribution is -0.0731. The van der Waals surface area contributed by atoms with Crippen molar-refractivity contribution in [1.29, 1.82) is 0 Å². The number of hydrogen-bond acceptors (Lipinski definition) is 5. The number of nitrogen functional groups attached to an aromatic ring is 1. The Kier molecular flexibility index (Phi) is 2.70. The SMILES string of the molecule is CCC1OCC(n2ccc(N)nc2=O)O1. The molecule has 1 fully saturated rings. The van der Waals surface area contributed by atoms with Crippen LogP contribution in [-0.4, -0.2) is 22.4 Å². The van der Waals surface area contributed by atoms with Crippen molar-refractivity contribution in [3.8, 4) is 0 Å². The Morgan fingerprint density at radius 2 is 2.53 bits per heavy atom. The lowest BCUT2D eigenvalue weighted by Gasteiger charge is -2.11. The summed E-state index contributed by atoms with van der Waals surface area (Å²) in [5.41, 5.74) is 4.97. The molecule has 1 aromatic heterocycles. The van der Waals surface area contributed by atoms with E-state index < -0.39 is 11.9 Å². The van der Waals surface area contributed by atoms with E-state index in [2.05, 4.69) is 4.98 Å². The highest BCUT2D eigenvalue weighted by Crippen LogP contribution is 2.20. The van der Waals surface area contributed by atoms with E-state index in [1.807, 2.05) is 6.92 Å². The van der Waals surface area contributed by atoms with Gasteiger partial charge in [-0.1, -0.05) is 6.92 Å². The van der Waals surface area contributed by atoms with E-state index in [9.17, 15) is 4.79 Å². The molecule has 0 bridgehead atoms. The summed E-state index contributed by atoms with van der Waals surface area (Å²) in [5, 5.41) is 0. The van der Waals surface area contributed by atoms with E-state index in [0.717, 1.165) is 6.42 Å². The van der Waals surface area contributed by atoms with E-state index in [4.69, 9.17) is 15.2 Å². The van der Waals surface area contributed by atoms with E-state index in [1.165, 1.54) is 4.57 Å². The smallest absolute Gasteiger partial charge is 0.351 e. The summed E-state index contributed by atoms with van der Waals surface area (Å²) in [7, 11) is 0. The van der Waals surface area contributed by atoms with Gasteiger partial charge in [0, 0.05) is 6.20 Å². The third-order valence-corrected chi connectivity index (χ3v) is 2.23. The third kappa shape index (κ3) is 2.00. The highest BCUT2D eigenvalue weighted by atomic mass is 16.7. The van der Waals surface area contributed by atoms with Crippen molar-refractivity contribution in [3.63, 3.8) is 0 Å². The van der Waals surface area contributed by atoms with Crippen LogP contribution in [0, 0.1) is 0 Å². The molecule has 0 saturated carbocycles. The minimum atomic E-state index is -0.416. The highest BCUT2D eigenvalue weighted by molar-refractivity contribution is 5.23. The molecule has 2 rings (SSSR count). The molecule has 0 spiro atoms. The quantitative estimate of drug-likeness (QED) is 0.750. The van der Waals surface area contributed by atoms with Gasteiger partial charge in [0.25, 0.3) is 0 Å². The van der Waals surface area contributed by atoms with E-state index in [0.29, 0.717) is 6.61 Å². The molecule has 0 amide bonds. The van der Waals surface area contributed by atoms with Crippen molar-refractivity contribution >= 4 is 5.82 Å². The van der Waals surface area contributed by atoms with Gasteiger partial charge in [0.1, 0.15) is 5.82 Å².